The van der Waals surface area contributed by atoms with Crippen LogP contribution in [0, 0.1) is 19.7 Å². The molecular formula is C17H17FO3. The van der Waals surface area contributed by atoms with E-state index in [0.29, 0.717) is 28.2 Å². The van der Waals surface area contributed by atoms with Gasteiger partial charge in [0, 0.05) is 11.1 Å². The molecule has 0 atom stereocenters. The predicted octanol–water partition coefficient (Wildman–Crippen LogP) is 3.69. The third kappa shape index (κ3) is 2.89. The summed E-state index contributed by atoms with van der Waals surface area (Å²) in [6.07, 6.45) is 0. The van der Waals surface area contributed by atoms with Crippen LogP contribution in [0.25, 0.3) is 0 Å². The van der Waals surface area contributed by atoms with E-state index in [0.717, 1.165) is 5.56 Å². The van der Waals surface area contributed by atoms with Gasteiger partial charge in [-0.2, -0.15) is 0 Å². The maximum atomic E-state index is 13.2. The van der Waals surface area contributed by atoms with E-state index in [9.17, 15) is 9.18 Å². The van der Waals surface area contributed by atoms with Crippen LogP contribution in [0.3, 0.4) is 0 Å². The monoisotopic (exact) mass is 288 g/mol. The van der Waals surface area contributed by atoms with Crippen molar-refractivity contribution in [3.63, 3.8) is 0 Å². The highest BCUT2D eigenvalue weighted by molar-refractivity contribution is 6.11. The number of carbonyl (C=O) groups is 1. The highest BCUT2D eigenvalue weighted by atomic mass is 19.1. The summed E-state index contributed by atoms with van der Waals surface area (Å²) in [5.74, 6) is 0.549. The van der Waals surface area contributed by atoms with E-state index >= 15 is 0 Å². The number of methoxy groups -OCH3 is 2. The first-order chi connectivity index (χ1) is 9.97. The zero-order chi connectivity index (χ0) is 15.6. The summed E-state index contributed by atoms with van der Waals surface area (Å²) in [5, 5.41) is 0. The quantitative estimate of drug-likeness (QED) is 0.805. The van der Waals surface area contributed by atoms with Crippen molar-refractivity contribution in [2.75, 3.05) is 14.2 Å². The van der Waals surface area contributed by atoms with Gasteiger partial charge in [-0.3, -0.25) is 4.79 Å². The molecule has 0 amide bonds. The number of rotatable bonds is 4. The van der Waals surface area contributed by atoms with E-state index in [4.69, 9.17) is 9.47 Å². The van der Waals surface area contributed by atoms with Crippen LogP contribution in [0.15, 0.2) is 30.3 Å². The molecule has 0 unspecified atom stereocenters. The highest BCUT2D eigenvalue weighted by Crippen LogP contribution is 2.31. The number of carbonyl (C=O) groups excluding carboxylic acids is 1. The lowest BCUT2D eigenvalue weighted by Crippen LogP contribution is -2.07. The minimum atomic E-state index is -0.354. The molecule has 0 radical (unpaired) electrons. The lowest BCUT2D eigenvalue weighted by atomic mass is 9.95. The standard InChI is InChI=1S/C17H17FO3/c1-10-7-12(18)5-6-13(10)17(19)14-9-16(21-4)15(20-3)8-11(14)2/h5-9H,1-4H3. The van der Waals surface area contributed by atoms with Crippen molar-refractivity contribution in [3.8, 4) is 11.5 Å². The molecule has 0 bridgehead atoms. The molecule has 0 heterocycles. The Kier molecular flexibility index (Phi) is 4.26. The zero-order valence-corrected chi connectivity index (χ0v) is 12.5. The van der Waals surface area contributed by atoms with Crippen molar-refractivity contribution >= 4 is 5.78 Å². The van der Waals surface area contributed by atoms with Crippen LogP contribution in [-0.2, 0) is 0 Å². The molecule has 0 aliphatic heterocycles. The Morgan fingerprint density at radius 2 is 1.48 bits per heavy atom. The number of ether oxygens (including phenoxy) is 2. The summed E-state index contributed by atoms with van der Waals surface area (Å²) in [5.41, 5.74) is 2.38. The van der Waals surface area contributed by atoms with Crippen LogP contribution in [0.2, 0.25) is 0 Å². The smallest absolute Gasteiger partial charge is 0.193 e. The fraction of sp³-hybridized carbons (Fsp3) is 0.235. The second kappa shape index (κ2) is 5.95. The Labute approximate surface area is 123 Å². The average molecular weight is 288 g/mol. The Morgan fingerprint density at radius 1 is 0.905 bits per heavy atom. The zero-order valence-electron chi connectivity index (χ0n) is 12.5. The third-order valence-electron chi connectivity index (χ3n) is 3.41. The second-order valence-corrected chi connectivity index (χ2v) is 4.81. The average Bonchev–Trinajstić information content (AvgIpc) is 2.46. The molecule has 2 aromatic carbocycles. The maximum absolute atomic E-state index is 13.2. The van der Waals surface area contributed by atoms with E-state index < -0.39 is 0 Å². The van der Waals surface area contributed by atoms with E-state index in [1.165, 1.54) is 25.3 Å². The molecule has 0 aliphatic rings. The fourth-order valence-electron chi connectivity index (χ4n) is 2.25. The summed E-state index contributed by atoms with van der Waals surface area (Å²) in [4.78, 5) is 12.6. The van der Waals surface area contributed by atoms with E-state index in [1.807, 2.05) is 6.92 Å². The highest BCUT2D eigenvalue weighted by Gasteiger charge is 2.17. The first-order valence-electron chi connectivity index (χ1n) is 6.51. The van der Waals surface area contributed by atoms with Gasteiger partial charge < -0.3 is 9.47 Å². The molecule has 0 fully saturated rings. The number of hydrogen-bond donors (Lipinski definition) is 0. The topological polar surface area (TPSA) is 35.5 Å². The molecular weight excluding hydrogens is 271 g/mol. The van der Waals surface area contributed by atoms with Crippen molar-refractivity contribution in [2.24, 2.45) is 0 Å². The molecule has 0 aliphatic carbocycles. The second-order valence-electron chi connectivity index (χ2n) is 4.81. The summed E-state index contributed by atoms with van der Waals surface area (Å²) in [7, 11) is 3.06. The van der Waals surface area contributed by atoms with Gasteiger partial charge in [0.25, 0.3) is 0 Å². The normalized spacial score (nSPS) is 10.3. The van der Waals surface area contributed by atoms with Crippen LogP contribution in [0.4, 0.5) is 4.39 Å². The first-order valence-corrected chi connectivity index (χ1v) is 6.51. The minimum absolute atomic E-state index is 0.161. The third-order valence-corrected chi connectivity index (χ3v) is 3.41. The van der Waals surface area contributed by atoms with Gasteiger partial charge in [-0.25, -0.2) is 4.39 Å². The summed E-state index contributed by atoms with van der Waals surface area (Å²) >= 11 is 0. The van der Waals surface area contributed by atoms with Gasteiger partial charge in [0.2, 0.25) is 0 Å². The van der Waals surface area contributed by atoms with Crippen molar-refractivity contribution in [2.45, 2.75) is 13.8 Å². The fourth-order valence-corrected chi connectivity index (χ4v) is 2.25. The maximum Gasteiger partial charge on any atom is 0.193 e. The lowest BCUT2D eigenvalue weighted by molar-refractivity contribution is 0.103. The molecule has 3 nitrogen and oxygen atoms in total. The Hall–Kier alpha value is -2.36. The molecule has 0 aromatic heterocycles. The Balaban J connectivity index is 2.53. The van der Waals surface area contributed by atoms with Crippen molar-refractivity contribution in [1.82, 2.24) is 0 Å². The number of ketones is 1. The molecule has 21 heavy (non-hydrogen) atoms. The number of benzene rings is 2. The first kappa shape index (κ1) is 15.0. The summed E-state index contributed by atoms with van der Waals surface area (Å²) in [6, 6.07) is 7.55. The molecule has 4 heteroatoms. The van der Waals surface area contributed by atoms with Crippen LogP contribution < -0.4 is 9.47 Å². The number of hydrogen-bond acceptors (Lipinski definition) is 3. The lowest BCUT2D eigenvalue weighted by Gasteiger charge is -2.13. The molecule has 110 valence electrons. The van der Waals surface area contributed by atoms with E-state index in [1.54, 1.807) is 26.2 Å². The molecule has 0 spiro atoms. The van der Waals surface area contributed by atoms with Gasteiger partial charge in [-0.15, -0.1) is 0 Å². The van der Waals surface area contributed by atoms with Gasteiger partial charge in [0.15, 0.2) is 17.3 Å². The molecule has 0 N–H and O–H groups in total. The SMILES string of the molecule is COc1cc(C)c(C(=O)c2ccc(F)cc2C)cc1OC. The number of halogens is 1. The van der Waals surface area contributed by atoms with Gasteiger partial charge in [-0.1, -0.05) is 0 Å². The van der Waals surface area contributed by atoms with Crippen molar-refractivity contribution in [3.05, 3.63) is 58.4 Å². The van der Waals surface area contributed by atoms with Crippen molar-refractivity contribution in [1.29, 1.82) is 0 Å². The van der Waals surface area contributed by atoms with Crippen LogP contribution >= 0.6 is 0 Å². The molecule has 2 rings (SSSR count). The molecule has 0 saturated carbocycles. The van der Waals surface area contributed by atoms with Gasteiger partial charge in [0.05, 0.1) is 14.2 Å². The Bertz CT molecular complexity index is 693. The van der Waals surface area contributed by atoms with Gasteiger partial charge >= 0.3 is 0 Å². The van der Waals surface area contributed by atoms with E-state index in [2.05, 4.69) is 0 Å². The summed E-state index contributed by atoms with van der Waals surface area (Å²) < 4.78 is 23.6. The molecule has 0 saturated heterocycles. The van der Waals surface area contributed by atoms with Crippen LogP contribution in [0.1, 0.15) is 27.0 Å². The minimum Gasteiger partial charge on any atom is -0.493 e. The van der Waals surface area contributed by atoms with Crippen LogP contribution in [0.5, 0.6) is 11.5 Å². The predicted molar refractivity (Wildman–Crippen MR) is 78.9 cm³/mol. The van der Waals surface area contributed by atoms with Crippen molar-refractivity contribution < 1.29 is 18.7 Å². The summed E-state index contributed by atoms with van der Waals surface area (Å²) in [6.45, 7) is 3.54. The Morgan fingerprint density at radius 3 is 2.05 bits per heavy atom. The largest absolute Gasteiger partial charge is 0.493 e. The van der Waals surface area contributed by atoms with Crippen LogP contribution in [-0.4, -0.2) is 20.0 Å². The molecule has 2 aromatic rings. The van der Waals surface area contributed by atoms with Gasteiger partial charge in [-0.05, 0) is 55.3 Å². The van der Waals surface area contributed by atoms with E-state index in [-0.39, 0.29) is 11.6 Å². The number of aryl methyl sites for hydroxylation is 2. The van der Waals surface area contributed by atoms with Gasteiger partial charge in [0.1, 0.15) is 5.82 Å².